The maximum absolute atomic E-state index is 13.3. The normalized spacial score (nSPS) is 12.7. The van der Waals surface area contributed by atoms with Crippen LogP contribution in [-0.4, -0.2) is 35.9 Å². The molecule has 0 radical (unpaired) electrons. The third-order valence-electron chi connectivity index (χ3n) is 5.34. The van der Waals surface area contributed by atoms with Gasteiger partial charge in [-0.2, -0.15) is 0 Å². The Hall–Kier alpha value is -2.82. The Morgan fingerprint density at radius 3 is 2.33 bits per heavy atom. The van der Waals surface area contributed by atoms with Crippen LogP contribution in [0.1, 0.15) is 51.2 Å². The third kappa shape index (κ3) is 6.90. The molecule has 2 aromatic rings. The van der Waals surface area contributed by atoms with Crippen molar-refractivity contribution in [3.05, 3.63) is 65.7 Å². The van der Waals surface area contributed by atoms with Gasteiger partial charge in [0.25, 0.3) is 0 Å². The molecule has 0 fully saturated rings. The molecule has 0 aliphatic heterocycles. The van der Waals surface area contributed by atoms with Crippen LogP contribution in [0.25, 0.3) is 0 Å². The van der Waals surface area contributed by atoms with Crippen LogP contribution in [0.3, 0.4) is 0 Å². The molecule has 0 heterocycles. The highest BCUT2D eigenvalue weighted by Crippen LogP contribution is 2.19. The zero-order valence-electron chi connectivity index (χ0n) is 18.6. The first-order valence-electron chi connectivity index (χ1n) is 10.7. The van der Waals surface area contributed by atoms with E-state index in [1.165, 1.54) is 0 Å². The minimum Gasteiger partial charge on any atom is -0.497 e. The van der Waals surface area contributed by atoms with Gasteiger partial charge in [0.1, 0.15) is 11.8 Å². The van der Waals surface area contributed by atoms with E-state index in [1.54, 1.807) is 12.0 Å². The summed E-state index contributed by atoms with van der Waals surface area (Å²) in [6, 6.07) is 17.2. The van der Waals surface area contributed by atoms with Crippen molar-refractivity contribution in [1.29, 1.82) is 0 Å². The first kappa shape index (κ1) is 23.5. The Labute approximate surface area is 180 Å². The van der Waals surface area contributed by atoms with E-state index >= 15 is 0 Å². The third-order valence-corrected chi connectivity index (χ3v) is 5.34. The van der Waals surface area contributed by atoms with E-state index in [9.17, 15) is 9.59 Å². The molecule has 1 N–H and O–H groups in total. The molecular weight excluding hydrogens is 376 g/mol. The molecule has 0 spiro atoms. The lowest BCUT2D eigenvalue weighted by atomic mass is 10.1. The predicted molar refractivity (Wildman–Crippen MR) is 120 cm³/mol. The number of nitrogens with zero attached hydrogens (tertiary/aromatic N) is 1. The summed E-state index contributed by atoms with van der Waals surface area (Å²) >= 11 is 0. The van der Waals surface area contributed by atoms with Gasteiger partial charge in [-0.15, -0.1) is 0 Å². The molecule has 162 valence electrons. The minimum atomic E-state index is -0.506. The molecule has 2 aromatic carbocycles. The molecule has 0 saturated heterocycles. The van der Waals surface area contributed by atoms with Crippen LogP contribution in [0.15, 0.2) is 54.6 Å². The molecule has 0 aromatic heterocycles. The van der Waals surface area contributed by atoms with Gasteiger partial charge in [-0.05, 0) is 49.4 Å². The van der Waals surface area contributed by atoms with Crippen molar-refractivity contribution in [3.8, 4) is 5.75 Å². The van der Waals surface area contributed by atoms with Crippen LogP contribution in [0.5, 0.6) is 5.75 Å². The number of benzene rings is 2. The minimum absolute atomic E-state index is 0.0205. The average molecular weight is 411 g/mol. The number of amides is 2. The van der Waals surface area contributed by atoms with E-state index in [4.69, 9.17) is 4.74 Å². The Bertz CT molecular complexity index is 807. The Morgan fingerprint density at radius 2 is 1.70 bits per heavy atom. The topological polar surface area (TPSA) is 58.6 Å². The smallest absolute Gasteiger partial charge is 0.243 e. The second kappa shape index (κ2) is 12.0. The number of rotatable bonds is 11. The summed E-state index contributed by atoms with van der Waals surface area (Å²) in [5, 5.41) is 3.04. The molecule has 2 rings (SSSR count). The van der Waals surface area contributed by atoms with Crippen molar-refractivity contribution in [2.24, 2.45) is 0 Å². The van der Waals surface area contributed by atoms with Gasteiger partial charge < -0.3 is 15.0 Å². The summed E-state index contributed by atoms with van der Waals surface area (Å²) in [5.41, 5.74) is 2.06. The van der Waals surface area contributed by atoms with Crippen molar-refractivity contribution in [2.75, 3.05) is 7.11 Å². The van der Waals surface area contributed by atoms with Gasteiger partial charge in [0.15, 0.2) is 0 Å². The largest absolute Gasteiger partial charge is 0.497 e. The van der Waals surface area contributed by atoms with Gasteiger partial charge >= 0.3 is 0 Å². The molecular formula is C25H34N2O3. The highest BCUT2D eigenvalue weighted by atomic mass is 16.5. The van der Waals surface area contributed by atoms with Crippen LogP contribution in [0.4, 0.5) is 0 Å². The monoisotopic (exact) mass is 410 g/mol. The predicted octanol–water partition coefficient (Wildman–Crippen LogP) is 4.35. The molecule has 2 atom stereocenters. The molecule has 5 heteroatoms. The Morgan fingerprint density at radius 1 is 1.00 bits per heavy atom. The summed E-state index contributed by atoms with van der Waals surface area (Å²) in [6.07, 6.45) is 2.42. The number of hydrogen-bond donors (Lipinski definition) is 1. The first-order valence-corrected chi connectivity index (χ1v) is 10.7. The molecule has 0 aliphatic rings. The first-order chi connectivity index (χ1) is 14.5. The molecule has 5 nitrogen and oxygen atoms in total. The Kier molecular flexibility index (Phi) is 9.39. The molecule has 0 unspecified atom stereocenters. The standard InChI is InChI=1S/C25H34N2O3/c1-5-19(3)26-25(29)23(6-2)27(18-21-13-10-14-22(17-21)30-4)24(28)16-15-20-11-8-7-9-12-20/h7-14,17,19,23H,5-6,15-16,18H2,1-4H3,(H,26,29)/t19-,23-/m1/s1. The van der Waals surface area contributed by atoms with Crippen molar-refractivity contribution in [3.63, 3.8) is 0 Å². The molecule has 0 saturated carbocycles. The number of nitrogens with one attached hydrogen (secondary N) is 1. The number of aryl methyl sites for hydroxylation is 1. The molecule has 0 bridgehead atoms. The van der Waals surface area contributed by atoms with Crippen LogP contribution in [0, 0.1) is 0 Å². The average Bonchev–Trinajstić information content (AvgIpc) is 2.78. The van der Waals surface area contributed by atoms with Crippen LogP contribution in [-0.2, 0) is 22.6 Å². The van der Waals surface area contributed by atoms with Crippen molar-refractivity contribution in [2.45, 2.75) is 65.1 Å². The lowest BCUT2D eigenvalue weighted by Crippen LogP contribution is -2.50. The lowest BCUT2D eigenvalue weighted by molar-refractivity contribution is -0.141. The number of hydrogen-bond acceptors (Lipinski definition) is 3. The maximum atomic E-state index is 13.3. The number of methoxy groups -OCH3 is 1. The summed E-state index contributed by atoms with van der Waals surface area (Å²) < 4.78 is 5.32. The number of ether oxygens (including phenoxy) is 1. The maximum Gasteiger partial charge on any atom is 0.243 e. The second-order valence-corrected chi connectivity index (χ2v) is 7.60. The fourth-order valence-corrected chi connectivity index (χ4v) is 3.37. The van der Waals surface area contributed by atoms with Crippen molar-refractivity contribution >= 4 is 11.8 Å². The van der Waals surface area contributed by atoms with Crippen LogP contribution >= 0.6 is 0 Å². The fourth-order valence-electron chi connectivity index (χ4n) is 3.37. The highest BCUT2D eigenvalue weighted by Gasteiger charge is 2.29. The van der Waals surface area contributed by atoms with Gasteiger partial charge in [0.2, 0.25) is 11.8 Å². The number of carbonyl (C=O) groups is 2. The van der Waals surface area contributed by atoms with E-state index in [0.29, 0.717) is 25.8 Å². The van der Waals surface area contributed by atoms with Crippen molar-refractivity contribution < 1.29 is 14.3 Å². The zero-order valence-corrected chi connectivity index (χ0v) is 18.6. The van der Waals surface area contributed by atoms with Gasteiger partial charge in [-0.3, -0.25) is 9.59 Å². The summed E-state index contributed by atoms with van der Waals surface area (Å²) in [7, 11) is 1.62. The highest BCUT2D eigenvalue weighted by molar-refractivity contribution is 5.87. The van der Waals surface area contributed by atoms with Gasteiger partial charge in [-0.25, -0.2) is 0 Å². The molecule has 30 heavy (non-hydrogen) atoms. The summed E-state index contributed by atoms with van der Waals surface area (Å²) in [4.78, 5) is 27.9. The van der Waals surface area contributed by atoms with Crippen LogP contribution < -0.4 is 10.1 Å². The zero-order chi connectivity index (χ0) is 21.9. The van der Waals surface area contributed by atoms with E-state index < -0.39 is 6.04 Å². The second-order valence-electron chi connectivity index (χ2n) is 7.60. The fraction of sp³-hybridized carbons (Fsp3) is 0.440. The van der Waals surface area contributed by atoms with Gasteiger partial charge in [-0.1, -0.05) is 56.3 Å². The van der Waals surface area contributed by atoms with E-state index in [-0.39, 0.29) is 17.9 Å². The van der Waals surface area contributed by atoms with E-state index in [2.05, 4.69) is 5.32 Å². The Balaban J connectivity index is 2.22. The van der Waals surface area contributed by atoms with Gasteiger partial charge in [0.05, 0.1) is 7.11 Å². The summed E-state index contributed by atoms with van der Waals surface area (Å²) in [6.45, 7) is 6.33. The molecule has 0 aliphatic carbocycles. The van der Waals surface area contributed by atoms with Gasteiger partial charge in [0, 0.05) is 19.0 Å². The molecule has 2 amide bonds. The SMILES string of the molecule is CC[C@@H](C)NC(=O)[C@@H](CC)N(Cc1cccc(OC)c1)C(=O)CCc1ccccc1. The quantitative estimate of drug-likeness (QED) is 0.599. The van der Waals surface area contributed by atoms with Crippen molar-refractivity contribution in [1.82, 2.24) is 10.2 Å². The van der Waals surface area contributed by atoms with E-state index in [1.807, 2.05) is 75.4 Å². The van der Waals surface area contributed by atoms with E-state index in [0.717, 1.165) is 23.3 Å². The van der Waals surface area contributed by atoms with Crippen LogP contribution in [0.2, 0.25) is 0 Å². The summed E-state index contributed by atoms with van der Waals surface area (Å²) in [5.74, 6) is 0.622. The number of carbonyl (C=O) groups excluding carboxylic acids is 2. The lowest BCUT2D eigenvalue weighted by Gasteiger charge is -2.31.